The number of anilines is 3. The van der Waals surface area contributed by atoms with E-state index in [9.17, 15) is 8.78 Å². The molecule has 2 aromatic heterocycles. The van der Waals surface area contributed by atoms with Crippen molar-refractivity contribution >= 4 is 17.5 Å². The van der Waals surface area contributed by atoms with Crippen LogP contribution < -0.4 is 20.3 Å². The van der Waals surface area contributed by atoms with Crippen LogP contribution in [-0.4, -0.2) is 38.9 Å². The number of nitrogens with one attached hydrogen (secondary N) is 2. The van der Waals surface area contributed by atoms with Crippen LogP contribution in [0.5, 0.6) is 5.75 Å². The summed E-state index contributed by atoms with van der Waals surface area (Å²) in [5.74, 6) is -0.235. The number of halogens is 2. The molecule has 10 heteroatoms. The molecule has 0 fully saturated rings. The molecule has 5 rings (SSSR count). The summed E-state index contributed by atoms with van der Waals surface area (Å²) in [6, 6.07) is 4.98. The van der Waals surface area contributed by atoms with Crippen molar-refractivity contribution in [2.45, 2.75) is 33.1 Å². The van der Waals surface area contributed by atoms with E-state index in [4.69, 9.17) is 4.74 Å². The van der Waals surface area contributed by atoms with Gasteiger partial charge < -0.3 is 15.0 Å². The highest BCUT2D eigenvalue weighted by Crippen LogP contribution is 2.39. The van der Waals surface area contributed by atoms with E-state index in [1.165, 1.54) is 6.07 Å². The monoisotopic (exact) mass is 413 g/mol. The summed E-state index contributed by atoms with van der Waals surface area (Å²) in [5.41, 5.74) is 1.96. The van der Waals surface area contributed by atoms with Crippen LogP contribution in [0.3, 0.4) is 0 Å². The topological polar surface area (TPSA) is 80.1 Å². The molecule has 0 saturated carbocycles. The molecule has 4 heterocycles. The van der Waals surface area contributed by atoms with Crippen molar-refractivity contribution in [2.75, 3.05) is 23.4 Å². The minimum absolute atomic E-state index is 0.0110. The lowest BCUT2D eigenvalue weighted by molar-refractivity contribution is 0.287. The van der Waals surface area contributed by atoms with Crippen LogP contribution in [0.15, 0.2) is 24.4 Å². The van der Waals surface area contributed by atoms with E-state index < -0.39 is 11.6 Å². The highest BCUT2D eigenvalue weighted by molar-refractivity contribution is 5.73. The van der Waals surface area contributed by atoms with Crippen LogP contribution in [-0.2, 0) is 13.2 Å². The molecule has 0 spiro atoms. The Balaban J connectivity index is 1.51. The van der Waals surface area contributed by atoms with E-state index in [0.717, 1.165) is 18.4 Å². The molecule has 156 valence electrons. The van der Waals surface area contributed by atoms with Gasteiger partial charge in [0.25, 0.3) is 0 Å². The van der Waals surface area contributed by atoms with Gasteiger partial charge in [-0.15, -0.1) is 0 Å². The number of hydrogen-bond donors (Lipinski definition) is 2. The molecule has 0 aliphatic carbocycles. The second-order valence-electron chi connectivity index (χ2n) is 7.56. The van der Waals surface area contributed by atoms with Crippen molar-refractivity contribution in [1.29, 1.82) is 0 Å². The number of rotatable bonds is 4. The fourth-order valence-electron chi connectivity index (χ4n) is 3.80. The maximum absolute atomic E-state index is 14.8. The lowest BCUT2D eigenvalue weighted by Gasteiger charge is -2.34. The zero-order valence-electron chi connectivity index (χ0n) is 16.6. The van der Waals surface area contributed by atoms with Crippen molar-refractivity contribution in [3.8, 4) is 17.0 Å². The number of aromatic nitrogens is 4. The molecule has 0 atom stereocenters. The van der Waals surface area contributed by atoms with Crippen LogP contribution in [0.1, 0.15) is 19.5 Å². The summed E-state index contributed by atoms with van der Waals surface area (Å²) in [6.07, 6.45) is 1.07. The summed E-state index contributed by atoms with van der Waals surface area (Å²) >= 11 is 0. The molecule has 0 radical (unpaired) electrons. The van der Waals surface area contributed by atoms with Crippen LogP contribution in [0, 0.1) is 11.6 Å². The van der Waals surface area contributed by atoms with Crippen molar-refractivity contribution in [1.82, 2.24) is 25.1 Å². The fourth-order valence-corrected chi connectivity index (χ4v) is 3.80. The van der Waals surface area contributed by atoms with Crippen LogP contribution in [0.4, 0.5) is 26.2 Å². The van der Waals surface area contributed by atoms with Gasteiger partial charge in [-0.05, 0) is 26.0 Å². The molecular formula is C20H21F2N7O. The van der Waals surface area contributed by atoms with E-state index in [1.54, 1.807) is 6.07 Å². The summed E-state index contributed by atoms with van der Waals surface area (Å²) < 4.78 is 36.7. The van der Waals surface area contributed by atoms with Gasteiger partial charge in [0.2, 0.25) is 5.95 Å². The Bertz CT molecular complexity index is 1090. The molecule has 1 aromatic carbocycles. The van der Waals surface area contributed by atoms with Gasteiger partial charge in [-0.25, -0.2) is 18.7 Å². The Morgan fingerprint density at radius 1 is 1.20 bits per heavy atom. The third-order valence-corrected chi connectivity index (χ3v) is 5.22. The predicted molar refractivity (Wildman–Crippen MR) is 108 cm³/mol. The first kappa shape index (κ1) is 18.7. The van der Waals surface area contributed by atoms with Crippen molar-refractivity contribution < 1.29 is 13.5 Å². The summed E-state index contributed by atoms with van der Waals surface area (Å²) in [6.45, 7) is 6.44. The average molecular weight is 413 g/mol. The zero-order chi connectivity index (χ0) is 20.8. The number of nitrogens with zero attached hydrogens (tertiary/aromatic N) is 5. The molecule has 3 aromatic rings. The highest BCUT2D eigenvalue weighted by atomic mass is 19.1. The number of fused-ring (bicyclic) bond motifs is 2. The fraction of sp³-hybridized carbons (Fsp3) is 0.350. The van der Waals surface area contributed by atoms with Crippen LogP contribution in [0.25, 0.3) is 11.3 Å². The Morgan fingerprint density at radius 2 is 2.07 bits per heavy atom. The largest absolute Gasteiger partial charge is 0.486 e. The van der Waals surface area contributed by atoms with Crippen LogP contribution >= 0.6 is 0 Å². The summed E-state index contributed by atoms with van der Waals surface area (Å²) in [4.78, 5) is 10.3. The Kier molecular flexibility index (Phi) is 4.50. The molecule has 2 aliphatic rings. The number of hydrogen-bond acceptors (Lipinski definition) is 7. The summed E-state index contributed by atoms with van der Waals surface area (Å²) in [7, 11) is 0. The predicted octanol–water partition coefficient (Wildman–Crippen LogP) is 3.03. The number of benzene rings is 1. The van der Waals surface area contributed by atoms with Gasteiger partial charge in [-0.3, -0.25) is 10.00 Å². The Morgan fingerprint density at radius 3 is 2.87 bits per heavy atom. The quantitative estimate of drug-likeness (QED) is 0.681. The lowest BCUT2D eigenvalue weighted by atomic mass is 10.1. The molecule has 0 amide bonds. The zero-order valence-corrected chi connectivity index (χ0v) is 16.6. The molecule has 8 nitrogen and oxygen atoms in total. The van der Waals surface area contributed by atoms with E-state index in [-0.39, 0.29) is 23.4 Å². The van der Waals surface area contributed by atoms with E-state index in [1.807, 2.05) is 29.5 Å². The standard InChI is InChI=1S/C20H21F2N7O/c1-11(2)28-3-4-30-19-14(21)5-12(6-16(19)28)18-15(22)9-24-20(26-18)25-17-7-13-8-23-10-29(13)27-17/h5-7,9,11,23H,3-4,8,10H2,1-2H3,(H,24,25,26,27). The van der Waals surface area contributed by atoms with Gasteiger partial charge in [-0.1, -0.05) is 0 Å². The van der Waals surface area contributed by atoms with Crippen LogP contribution in [0.2, 0.25) is 0 Å². The molecule has 2 aliphatic heterocycles. The molecule has 0 bridgehead atoms. The molecule has 0 saturated heterocycles. The van der Waals surface area contributed by atoms with E-state index in [0.29, 0.717) is 36.9 Å². The number of ether oxygens (including phenoxy) is 1. The smallest absolute Gasteiger partial charge is 0.229 e. The SMILES string of the molecule is CC(C)N1CCOc2c(F)cc(-c3nc(Nc4cc5n(n4)CNC5)ncc3F)cc21. The van der Waals surface area contributed by atoms with Gasteiger partial charge in [0.1, 0.15) is 12.3 Å². The van der Waals surface area contributed by atoms with Gasteiger partial charge in [0.15, 0.2) is 23.2 Å². The molecule has 0 unspecified atom stereocenters. The first-order chi connectivity index (χ1) is 14.5. The average Bonchev–Trinajstić information content (AvgIpc) is 3.30. The molecule has 2 N–H and O–H groups in total. The van der Waals surface area contributed by atoms with Gasteiger partial charge >= 0.3 is 0 Å². The minimum atomic E-state index is -0.635. The Labute approximate surface area is 171 Å². The lowest BCUT2D eigenvalue weighted by Crippen LogP contribution is -2.38. The van der Waals surface area contributed by atoms with Gasteiger partial charge in [0.05, 0.1) is 30.8 Å². The third kappa shape index (κ3) is 3.22. The van der Waals surface area contributed by atoms with Gasteiger partial charge in [0, 0.05) is 24.2 Å². The van der Waals surface area contributed by atoms with Crippen molar-refractivity contribution in [3.05, 3.63) is 41.7 Å². The molecular weight excluding hydrogens is 392 g/mol. The Hall–Kier alpha value is -3.27. The van der Waals surface area contributed by atoms with Crippen molar-refractivity contribution in [2.24, 2.45) is 0 Å². The first-order valence-corrected chi connectivity index (χ1v) is 9.80. The normalized spacial score (nSPS) is 15.2. The van der Waals surface area contributed by atoms with Crippen molar-refractivity contribution in [3.63, 3.8) is 0 Å². The van der Waals surface area contributed by atoms with E-state index >= 15 is 0 Å². The second kappa shape index (κ2) is 7.21. The first-order valence-electron chi connectivity index (χ1n) is 9.80. The second-order valence-corrected chi connectivity index (χ2v) is 7.56. The third-order valence-electron chi connectivity index (χ3n) is 5.22. The maximum Gasteiger partial charge on any atom is 0.229 e. The summed E-state index contributed by atoms with van der Waals surface area (Å²) in [5, 5.41) is 10.6. The van der Waals surface area contributed by atoms with Gasteiger partial charge in [-0.2, -0.15) is 5.10 Å². The maximum atomic E-state index is 14.8. The van der Waals surface area contributed by atoms with E-state index in [2.05, 4.69) is 25.7 Å². The minimum Gasteiger partial charge on any atom is -0.486 e. The molecule has 30 heavy (non-hydrogen) atoms. The highest BCUT2D eigenvalue weighted by Gasteiger charge is 2.25.